The van der Waals surface area contributed by atoms with Crippen molar-refractivity contribution in [1.82, 2.24) is 0 Å². The second-order valence-corrected chi connectivity index (χ2v) is 4.05. The van der Waals surface area contributed by atoms with Crippen molar-refractivity contribution in [2.45, 2.75) is 53.4 Å². The first-order chi connectivity index (χ1) is 5.61. The molecule has 0 radical (unpaired) electrons. The van der Waals surface area contributed by atoms with E-state index in [0.717, 1.165) is 5.92 Å². The fraction of sp³-hybridized carbons (Fsp3) is 0.833. The van der Waals surface area contributed by atoms with Gasteiger partial charge < -0.3 is 0 Å². The monoisotopic (exact) mass is 168 g/mol. The third-order valence-electron chi connectivity index (χ3n) is 2.80. The Morgan fingerprint density at radius 2 is 1.92 bits per heavy atom. The predicted octanol–water partition coefficient (Wildman–Crippen LogP) is 4.42. The van der Waals surface area contributed by atoms with Crippen molar-refractivity contribution in [3.63, 3.8) is 0 Å². The molecule has 0 saturated carbocycles. The Labute approximate surface area is 78.1 Å². The average molecular weight is 168 g/mol. The van der Waals surface area contributed by atoms with Gasteiger partial charge in [0.2, 0.25) is 0 Å². The normalized spacial score (nSPS) is 15.7. The van der Waals surface area contributed by atoms with Crippen LogP contribution in [0.2, 0.25) is 0 Å². The van der Waals surface area contributed by atoms with E-state index in [-0.39, 0.29) is 0 Å². The van der Waals surface area contributed by atoms with E-state index < -0.39 is 0 Å². The van der Waals surface area contributed by atoms with E-state index in [2.05, 4.69) is 34.3 Å². The molecule has 0 N–H and O–H groups in total. The minimum Gasteiger partial charge on any atom is -0.0999 e. The van der Waals surface area contributed by atoms with Gasteiger partial charge in [-0.15, -0.1) is 0 Å². The first kappa shape index (κ1) is 11.7. The first-order valence-corrected chi connectivity index (χ1v) is 5.27. The SMILES string of the molecule is C=C(C)[C@@H](C)C[C@H](CC)CCC. The van der Waals surface area contributed by atoms with Crippen molar-refractivity contribution in [3.05, 3.63) is 12.2 Å². The fourth-order valence-electron chi connectivity index (χ4n) is 1.60. The summed E-state index contributed by atoms with van der Waals surface area (Å²) < 4.78 is 0. The van der Waals surface area contributed by atoms with Gasteiger partial charge >= 0.3 is 0 Å². The number of allylic oxidation sites excluding steroid dienone is 1. The molecule has 0 fully saturated rings. The average Bonchev–Trinajstić information content (AvgIpc) is 2.03. The van der Waals surface area contributed by atoms with Crippen molar-refractivity contribution < 1.29 is 0 Å². The lowest BCUT2D eigenvalue weighted by atomic mass is 9.87. The minimum atomic E-state index is 0.710. The summed E-state index contributed by atoms with van der Waals surface area (Å²) in [5.41, 5.74) is 1.34. The van der Waals surface area contributed by atoms with Gasteiger partial charge in [0.25, 0.3) is 0 Å². The quantitative estimate of drug-likeness (QED) is 0.515. The lowest BCUT2D eigenvalue weighted by molar-refractivity contribution is 0.383. The maximum absolute atomic E-state index is 4.00. The molecular formula is C12H24. The van der Waals surface area contributed by atoms with Crippen molar-refractivity contribution in [3.8, 4) is 0 Å². The van der Waals surface area contributed by atoms with E-state index in [0.29, 0.717) is 5.92 Å². The molecule has 0 unspecified atom stereocenters. The summed E-state index contributed by atoms with van der Waals surface area (Å²) in [4.78, 5) is 0. The Hall–Kier alpha value is -0.260. The number of rotatable bonds is 6. The molecule has 0 heteroatoms. The van der Waals surface area contributed by atoms with Gasteiger partial charge in [-0.25, -0.2) is 0 Å². The van der Waals surface area contributed by atoms with Crippen molar-refractivity contribution in [1.29, 1.82) is 0 Å². The van der Waals surface area contributed by atoms with Crippen LogP contribution in [0.5, 0.6) is 0 Å². The standard InChI is InChI=1S/C12H24/c1-6-8-12(7-2)9-11(5)10(3)4/h11-12H,3,6-9H2,1-2,4-5H3/t11-,12+/m0/s1. The van der Waals surface area contributed by atoms with Crippen LogP contribution >= 0.6 is 0 Å². The van der Waals surface area contributed by atoms with Gasteiger partial charge in [-0.05, 0) is 25.2 Å². The van der Waals surface area contributed by atoms with Gasteiger partial charge in [-0.1, -0.05) is 52.2 Å². The molecule has 0 heterocycles. The summed E-state index contributed by atoms with van der Waals surface area (Å²) in [5.74, 6) is 1.63. The molecule has 12 heavy (non-hydrogen) atoms. The Balaban J connectivity index is 3.76. The van der Waals surface area contributed by atoms with Crippen LogP contribution in [0.3, 0.4) is 0 Å². The Bertz CT molecular complexity index is 124. The summed E-state index contributed by atoms with van der Waals surface area (Å²) in [7, 11) is 0. The first-order valence-electron chi connectivity index (χ1n) is 5.27. The van der Waals surface area contributed by atoms with Crippen LogP contribution in [0.1, 0.15) is 53.4 Å². The number of hydrogen-bond acceptors (Lipinski definition) is 0. The minimum absolute atomic E-state index is 0.710. The van der Waals surface area contributed by atoms with E-state index in [4.69, 9.17) is 0 Å². The van der Waals surface area contributed by atoms with Crippen LogP contribution in [0.15, 0.2) is 12.2 Å². The van der Waals surface area contributed by atoms with Crippen molar-refractivity contribution in [2.75, 3.05) is 0 Å². The Kier molecular flexibility index (Phi) is 6.14. The zero-order chi connectivity index (χ0) is 9.56. The van der Waals surface area contributed by atoms with Crippen molar-refractivity contribution >= 4 is 0 Å². The zero-order valence-corrected chi connectivity index (χ0v) is 9.19. The maximum Gasteiger partial charge on any atom is -0.0234 e. The van der Waals surface area contributed by atoms with Gasteiger partial charge in [0.1, 0.15) is 0 Å². The van der Waals surface area contributed by atoms with E-state index in [1.54, 1.807) is 0 Å². The van der Waals surface area contributed by atoms with Gasteiger partial charge in [0, 0.05) is 0 Å². The molecule has 0 aliphatic heterocycles. The second kappa shape index (κ2) is 6.28. The highest BCUT2D eigenvalue weighted by molar-refractivity contribution is 4.94. The fourth-order valence-corrected chi connectivity index (χ4v) is 1.60. The summed E-state index contributed by atoms with van der Waals surface area (Å²) in [6, 6.07) is 0. The maximum atomic E-state index is 4.00. The molecule has 2 atom stereocenters. The molecule has 0 amide bonds. The summed E-state index contributed by atoms with van der Waals surface area (Å²) in [5, 5.41) is 0. The molecule has 0 aromatic heterocycles. The molecule has 0 spiro atoms. The van der Waals surface area contributed by atoms with Crippen molar-refractivity contribution in [2.24, 2.45) is 11.8 Å². The summed E-state index contributed by atoms with van der Waals surface area (Å²) in [6.45, 7) is 13.0. The third kappa shape index (κ3) is 4.58. The molecule has 0 bridgehead atoms. The van der Waals surface area contributed by atoms with Gasteiger partial charge in [0.05, 0.1) is 0 Å². The molecule has 0 saturated heterocycles. The van der Waals surface area contributed by atoms with E-state index in [9.17, 15) is 0 Å². The van der Waals surface area contributed by atoms with E-state index in [1.165, 1.54) is 31.3 Å². The van der Waals surface area contributed by atoms with E-state index in [1.807, 2.05) is 0 Å². The highest BCUT2D eigenvalue weighted by atomic mass is 14.2. The lowest BCUT2D eigenvalue weighted by Crippen LogP contribution is -2.06. The zero-order valence-electron chi connectivity index (χ0n) is 9.19. The van der Waals surface area contributed by atoms with Gasteiger partial charge in [-0.3, -0.25) is 0 Å². The van der Waals surface area contributed by atoms with Crippen LogP contribution < -0.4 is 0 Å². The highest BCUT2D eigenvalue weighted by Crippen LogP contribution is 2.23. The Morgan fingerprint density at radius 1 is 1.33 bits per heavy atom. The predicted molar refractivity (Wildman–Crippen MR) is 57.3 cm³/mol. The third-order valence-corrected chi connectivity index (χ3v) is 2.80. The van der Waals surface area contributed by atoms with Gasteiger partial charge in [-0.2, -0.15) is 0 Å². The smallest absolute Gasteiger partial charge is 0.0234 e. The highest BCUT2D eigenvalue weighted by Gasteiger charge is 2.10. The summed E-state index contributed by atoms with van der Waals surface area (Å²) >= 11 is 0. The largest absolute Gasteiger partial charge is 0.0999 e. The molecule has 0 aliphatic carbocycles. The van der Waals surface area contributed by atoms with Gasteiger partial charge in [0.15, 0.2) is 0 Å². The van der Waals surface area contributed by atoms with Crippen LogP contribution in [0, 0.1) is 11.8 Å². The molecule has 0 aliphatic rings. The molecule has 0 nitrogen and oxygen atoms in total. The van der Waals surface area contributed by atoms with E-state index >= 15 is 0 Å². The van der Waals surface area contributed by atoms with Crippen LogP contribution in [-0.2, 0) is 0 Å². The summed E-state index contributed by atoms with van der Waals surface area (Å²) in [6.07, 6.45) is 5.36. The lowest BCUT2D eigenvalue weighted by Gasteiger charge is -2.19. The second-order valence-electron chi connectivity index (χ2n) is 4.05. The molecule has 72 valence electrons. The van der Waals surface area contributed by atoms with Crippen LogP contribution in [0.25, 0.3) is 0 Å². The molecule has 0 rings (SSSR count). The van der Waals surface area contributed by atoms with Crippen LogP contribution in [0.4, 0.5) is 0 Å². The topological polar surface area (TPSA) is 0 Å². The molecular weight excluding hydrogens is 144 g/mol. The Morgan fingerprint density at radius 3 is 2.25 bits per heavy atom. The molecule has 0 aromatic rings. The number of hydrogen-bond donors (Lipinski definition) is 0. The van der Waals surface area contributed by atoms with Crippen LogP contribution in [-0.4, -0.2) is 0 Å². The molecule has 0 aromatic carbocycles.